The van der Waals surface area contributed by atoms with Gasteiger partial charge < -0.3 is 10.0 Å². The molecule has 0 saturated heterocycles. The Bertz CT molecular complexity index is 658. The highest BCUT2D eigenvalue weighted by molar-refractivity contribution is 6.03. The molecular formula is C12H15N5O3. The molecule has 0 aliphatic rings. The largest absolute Gasteiger partial charge is 0.478 e. The number of hydrogen-bond donors (Lipinski definition) is 1. The standard InChI is InChI=1S/C12H15N5O3/c1-15(7-8-4-5-13-16(8)2)11(18)10-9(12(19)20)6-14-17(10)3/h4-6H,7H2,1-3H3,(H,19,20). The summed E-state index contributed by atoms with van der Waals surface area (Å²) >= 11 is 0. The summed E-state index contributed by atoms with van der Waals surface area (Å²) in [6.45, 7) is 0.333. The maximum Gasteiger partial charge on any atom is 0.339 e. The molecule has 0 aromatic carbocycles. The lowest BCUT2D eigenvalue weighted by Gasteiger charge is -2.17. The molecule has 0 unspecified atom stereocenters. The van der Waals surface area contributed by atoms with Crippen molar-refractivity contribution in [1.29, 1.82) is 0 Å². The summed E-state index contributed by atoms with van der Waals surface area (Å²) in [5.74, 6) is -1.57. The van der Waals surface area contributed by atoms with Gasteiger partial charge in [0.25, 0.3) is 5.91 Å². The highest BCUT2D eigenvalue weighted by Gasteiger charge is 2.24. The lowest BCUT2D eigenvalue weighted by molar-refractivity contribution is 0.0677. The Hall–Kier alpha value is -2.64. The first-order valence-electron chi connectivity index (χ1n) is 5.89. The first-order chi connectivity index (χ1) is 9.41. The average Bonchev–Trinajstić information content (AvgIpc) is 2.95. The number of rotatable bonds is 4. The molecular weight excluding hydrogens is 262 g/mol. The number of amides is 1. The molecule has 8 nitrogen and oxygen atoms in total. The number of carbonyl (C=O) groups is 2. The van der Waals surface area contributed by atoms with Gasteiger partial charge in [0.15, 0.2) is 0 Å². The molecule has 0 bridgehead atoms. The van der Waals surface area contributed by atoms with E-state index >= 15 is 0 Å². The SMILES string of the molecule is CN(Cc1ccnn1C)C(=O)c1c(C(=O)O)cnn1C. The van der Waals surface area contributed by atoms with E-state index in [1.165, 1.54) is 22.8 Å². The molecule has 0 aliphatic heterocycles. The maximum absolute atomic E-state index is 12.4. The van der Waals surface area contributed by atoms with Crippen LogP contribution in [0.25, 0.3) is 0 Å². The second-order valence-corrected chi connectivity index (χ2v) is 4.44. The molecule has 2 aromatic heterocycles. The van der Waals surface area contributed by atoms with Crippen molar-refractivity contribution in [2.24, 2.45) is 14.1 Å². The predicted molar refractivity (Wildman–Crippen MR) is 69.2 cm³/mol. The molecule has 106 valence electrons. The highest BCUT2D eigenvalue weighted by Crippen LogP contribution is 2.12. The van der Waals surface area contributed by atoms with E-state index in [0.29, 0.717) is 6.54 Å². The summed E-state index contributed by atoms with van der Waals surface area (Å²) in [6, 6.07) is 1.80. The van der Waals surface area contributed by atoms with Crippen LogP contribution < -0.4 is 0 Å². The Morgan fingerprint density at radius 2 is 2.00 bits per heavy atom. The molecule has 0 spiro atoms. The van der Waals surface area contributed by atoms with Gasteiger partial charge in [-0.15, -0.1) is 0 Å². The Labute approximate surface area is 115 Å². The third-order valence-electron chi connectivity index (χ3n) is 3.04. The molecule has 0 fully saturated rings. The second-order valence-electron chi connectivity index (χ2n) is 4.44. The lowest BCUT2D eigenvalue weighted by Crippen LogP contribution is -2.30. The van der Waals surface area contributed by atoms with Crippen molar-refractivity contribution in [3.8, 4) is 0 Å². The maximum atomic E-state index is 12.4. The van der Waals surface area contributed by atoms with Crippen molar-refractivity contribution in [2.45, 2.75) is 6.54 Å². The van der Waals surface area contributed by atoms with Crippen LogP contribution in [0.4, 0.5) is 0 Å². The van der Waals surface area contributed by atoms with Crippen LogP contribution in [0, 0.1) is 0 Å². The summed E-state index contributed by atoms with van der Waals surface area (Å²) in [6.07, 6.45) is 2.81. The van der Waals surface area contributed by atoms with Crippen LogP contribution in [0.1, 0.15) is 26.5 Å². The zero-order valence-corrected chi connectivity index (χ0v) is 11.4. The number of aromatic nitrogens is 4. The fourth-order valence-corrected chi connectivity index (χ4v) is 1.90. The van der Waals surface area contributed by atoms with Gasteiger partial charge in [-0.3, -0.25) is 14.2 Å². The number of carboxylic acid groups (broad SMARTS) is 1. The van der Waals surface area contributed by atoms with Crippen molar-refractivity contribution in [1.82, 2.24) is 24.5 Å². The summed E-state index contributed by atoms with van der Waals surface area (Å²) in [7, 11) is 4.92. The molecule has 0 atom stereocenters. The summed E-state index contributed by atoms with van der Waals surface area (Å²) in [5, 5.41) is 16.9. The van der Waals surface area contributed by atoms with Gasteiger partial charge in [0.05, 0.1) is 18.4 Å². The van der Waals surface area contributed by atoms with Crippen LogP contribution >= 0.6 is 0 Å². The minimum absolute atomic E-state index is 0.0576. The average molecular weight is 277 g/mol. The third-order valence-corrected chi connectivity index (χ3v) is 3.04. The Morgan fingerprint density at radius 1 is 1.30 bits per heavy atom. The van der Waals surface area contributed by atoms with Gasteiger partial charge in [-0.05, 0) is 6.07 Å². The fourth-order valence-electron chi connectivity index (χ4n) is 1.90. The molecule has 1 N–H and O–H groups in total. The van der Waals surface area contributed by atoms with E-state index in [0.717, 1.165) is 5.69 Å². The Balaban J connectivity index is 2.25. The summed E-state index contributed by atoms with van der Waals surface area (Å²) < 4.78 is 2.93. The molecule has 2 heterocycles. The van der Waals surface area contributed by atoms with Gasteiger partial charge in [-0.1, -0.05) is 0 Å². The number of carbonyl (C=O) groups excluding carboxylic acids is 1. The van der Waals surface area contributed by atoms with E-state index in [1.807, 2.05) is 0 Å². The fraction of sp³-hybridized carbons (Fsp3) is 0.333. The van der Waals surface area contributed by atoms with Gasteiger partial charge in [-0.2, -0.15) is 10.2 Å². The topological polar surface area (TPSA) is 93.2 Å². The van der Waals surface area contributed by atoms with Gasteiger partial charge >= 0.3 is 5.97 Å². The zero-order chi connectivity index (χ0) is 14.9. The molecule has 1 amide bonds. The molecule has 2 aromatic rings. The van der Waals surface area contributed by atoms with Crippen molar-refractivity contribution in [3.63, 3.8) is 0 Å². The number of hydrogen-bond acceptors (Lipinski definition) is 4. The van der Waals surface area contributed by atoms with Gasteiger partial charge in [-0.25, -0.2) is 4.79 Å². The number of aryl methyl sites for hydroxylation is 2. The molecule has 0 radical (unpaired) electrons. The van der Waals surface area contributed by atoms with Crippen molar-refractivity contribution < 1.29 is 14.7 Å². The van der Waals surface area contributed by atoms with Gasteiger partial charge in [0.1, 0.15) is 11.3 Å². The van der Waals surface area contributed by atoms with E-state index in [9.17, 15) is 9.59 Å². The third kappa shape index (κ3) is 2.40. The molecule has 20 heavy (non-hydrogen) atoms. The van der Waals surface area contributed by atoms with Crippen molar-refractivity contribution in [3.05, 3.63) is 35.4 Å². The van der Waals surface area contributed by atoms with Crippen LogP contribution in [-0.2, 0) is 20.6 Å². The lowest BCUT2D eigenvalue weighted by atomic mass is 10.2. The van der Waals surface area contributed by atoms with Gasteiger partial charge in [0.2, 0.25) is 0 Å². The predicted octanol–water partition coefficient (Wildman–Crippen LogP) is 0.124. The van der Waals surface area contributed by atoms with Gasteiger partial charge in [0, 0.05) is 27.3 Å². The molecule has 2 rings (SSSR count). The smallest absolute Gasteiger partial charge is 0.339 e. The monoisotopic (exact) mass is 277 g/mol. The van der Waals surface area contributed by atoms with Crippen molar-refractivity contribution >= 4 is 11.9 Å². The molecule has 0 saturated carbocycles. The van der Waals surface area contributed by atoms with E-state index < -0.39 is 11.9 Å². The molecule has 8 heteroatoms. The number of aromatic carboxylic acids is 1. The zero-order valence-electron chi connectivity index (χ0n) is 11.4. The Morgan fingerprint density at radius 3 is 2.55 bits per heavy atom. The second kappa shape index (κ2) is 5.16. The first kappa shape index (κ1) is 13.8. The minimum Gasteiger partial charge on any atom is -0.478 e. The van der Waals surface area contributed by atoms with Crippen LogP contribution in [0.2, 0.25) is 0 Å². The van der Waals surface area contributed by atoms with E-state index in [1.54, 1.807) is 31.0 Å². The Kier molecular flexibility index (Phi) is 3.55. The van der Waals surface area contributed by atoms with Crippen LogP contribution in [0.15, 0.2) is 18.5 Å². The van der Waals surface area contributed by atoms with Crippen LogP contribution in [-0.4, -0.2) is 48.5 Å². The highest BCUT2D eigenvalue weighted by atomic mass is 16.4. The van der Waals surface area contributed by atoms with E-state index in [-0.39, 0.29) is 11.3 Å². The first-order valence-corrected chi connectivity index (χ1v) is 5.89. The number of nitrogens with zero attached hydrogens (tertiary/aromatic N) is 5. The van der Waals surface area contributed by atoms with E-state index in [2.05, 4.69) is 10.2 Å². The quantitative estimate of drug-likeness (QED) is 0.857. The number of carboxylic acids is 1. The van der Waals surface area contributed by atoms with Crippen LogP contribution in [0.3, 0.4) is 0 Å². The minimum atomic E-state index is -1.17. The van der Waals surface area contributed by atoms with E-state index in [4.69, 9.17) is 5.11 Å². The van der Waals surface area contributed by atoms with Crippen LogP contribution in [0.5, 0.6) is 0 Å². The summed E-state index contributed by atoms with van der Waals surface area (Å²) in [5.41, 5.74) is 0.802. The normalized spacial score (nSPS) is 10.6. The van der Waals surface area contributed by atoms with Crippen molar-refractivity contribution in [2.75, 3.05) is 7.05 Å². The molecule has 0 aliphatic carbocycles. The summed E-state index contributed by atoms with van der Waals surface area (Å²) in [4.78, 5) is 24.9.